The van der Waals surface area contributed by atoms with Crippen LogP contribution in [0.1, 0.15) is 72.5 Å². The van der Waals surface area contributed by atoms with Gasteiger partial charge in [-0.2, -0.15) is 5.10 Å². The predicted molar refractivity (Wildman–Crippen MR) is 120 cm³/mol. The molecule has 1 aromatic heterocycles. The molecule has 1 unspecified atom stereocenters. The molecule has 1 aliphatic heterocycles. The van der Waals surface area contributed by atoms with Crippen LogP contribution in [0.25, 0.3) is 0 Å². The maximum Gasteiger partial charge on any atom is 0.358 e. The van der Waals surface area contributed by atoms with Crippen molar-refractivity contribution in [3.8, 4) is 0 Å². The molecule has 2 heterocycles. The van der Waals surface area contributed by atoms with Crippen molar-refractivity contribution in [3.63, 3.8) is 0 Å². The lowest BCUT2D eigenvalue weighted by Gasteiger charge is -2.44. The van der Waals surface area contributed by atoms with E-state index in [4.69, 9.17) is 4.74 Å². The van der Waals surface area contributed by atoms with Gasteiger partial charge in [-0.05, 0) is 45.7 Å². The van der Waals surface area contributed by atoms with Crippen molar-refractivity contribution in [1.82, 2.24) is 15.1 Å². The van der Waals surface area contributed by atoms with E-state index in [1.165, 1.54) is 22.1 Å². The Labute approximate surface area is 187 Å². The van der Waals surface area contributed by atoms with Crippen LogP contribution in [0.2, 0.25) is 0 Å². The fourth-order valence-electron chi connectivity index (χ4n) is 4.57. The van der Waals surface area contributed by atoms with Crippen molar-refractivity contribution >= 4 is 23.5 Å². The molecule has 1 atom stereocenters. The minimum Gasteiger partial charge on any atom is -0.461 e. The first-order valence-corrected chi connectivity index (χ1v) is 11.3. The maximum absolute atomic E-state index is 13.6. The van der Waals surface area contributed by atoms with Crippen LogP contribution in [0.5, 0.6) is 0 Å². The van der Waals surface area contributed by atoms with Crippen molar-refractivity contribution in [3.05, 3.63) is 47.3 Å². The van der Waals surface area contributed by atoms with E-state index in [1.807, 2.05) is 31.2 Å². The number of hydrogen-bond donors (Lipinski definition) is 1. The van der Waals surface area contributed by atoms with Gasteiger partial charge in [-0.3, -0.25) is 19.2 Å². The number of nitrogens with zero attached hydrogens (tertiary/aromatic N) is 3. The zero-order chi connectivity index (χ0) is 22.9. The molecule has 1 saturated carbocycles. The van der Waals surface area contributed by atoms with Gasteiger partial charge in [0.2, 0.25) is 5.91 Å². The largest absolute Gasteiger partial charge is 0.461 e. The Morgan fingerprint density at radius 2 is 1.88 bits per heavy atom. The number of amides is 2. The van der Waals surface area contributed by atoms with E-state index in [-0.39, 0.29) is 42.4 Å². The number of esters is 1. The molecule has 32 heavy (non-hydrogen) atoms. The first-order valence-electron chi connectivity index (χ1n) is 11.3. The molecule has 2 aliphatic rings. The summed E-state index contributed by atoms with van der Waals surface area (Å²) < 4.78 is 6.50. The third-order valence-electron chi connectivity index (χ3n) is 6.36. The number of aryl methyl sites for hydroxylation is 1. The predicted octanol–water partition coefficient (Wildman–Crippen LogP) is 3.24. The fourth-order valence-corrected chi connectivity index (χ4v) is 4.57. The van der Waals surface area contributed by atoms with Crippen LogP contribution in [-0.2, 0) is 16.1 Å². The molecule has 0 spiro atoms. The second-order valence-corrected chi connectivity index (χ2v) is 8.85. The summed E-state index contributed by atoms with van der Waals surface area (Å²) in [7, 11) is 0. The van der Waals surface area contributed by atoms with Gasteiger partial charge >= 0.3 is 5.97 Å². The van der Waals surface area contributed by atoms with Gasteiger partial charge in [0.05, 0.1) is 13.2 Å². The highest BCUT2D eigenvalue weighted by Gasteiger charge is 2.49. The van der Waals surface area contributed by atoms with Crippen LogP contribution in [0.4, 0.5) is 5.69 Å². The highest BCUT2D eigenvalue weighted by molar-refractivity contribution is 6.12. The van der Waals surface area contributed by atoms with E-state index in [2.05, 4.69) is 10.4 Å². The molecule has 4 rings (SSSR count). The Morgan fingerprint density at radius 1 is 1.19 bits per heavy atom. The van der Waals surface area contributed by atoms with E-state index < -0.39 is 11.5 Å². The highest BCUT2D eigenvalue weighted by Crippen LogP contribution is 2.33. The van der Waals surface area contributed by atoms with Crippen LogP contribution in [0.15, 0.2) is 30.3 Å². The molecule has 0 radical (unpaired) electrons. The molecular formula is C24H30N4O4. The smallest absolute Gasteiger partial charge is 0.358 e. The van der Waals surface area contributed by atoms with Crippen LogP contribution in [0.3, 0.4) is 0 Å². The quantitative estimate of drug-likeness (QED) is 0.724. The molecule has 8 nitrogen and oxygen atoms in total. The third-order valence-corrected chi connectivity index (χ3v) is 6.36. The van der Waals surface area contributed by atoms with E-state index in [0.717, 1.165) is 31.2 Å². The van der Waals surface area contributed by atoms with Crippen molar-refractivity contribution in [2.24, 2.45) is 0 Å². The van der Waals surface area contributed by atoms with Crippen molar-refractivity contribution in [2.75, 3.05) is 11.5 Å². The lowest BCUT2D eigenvalue weighted by molar-refractivity contribution is -0.127. The number of ether oxygens (including phenoxy) is 1. The summed E-state index contributed by atoms with van der Waals surface area (Å²) in [6, 6.07) is 9.07. The summed E-state index contributed by atoms with van der Waals surface area (Å²) in [4.78, 5) is 41.0. The number of hydrogen-bond acceptors (Lipinski definition) is 5. The number of aromatic nitrogens is 2. The van der Waals surface area contributed by atoms with Gasteiger partial charge in [-0.15, -0.1) is 0 Å². The van der Waals surface area contributed by atoms with E-state index >= 15 is 0 Å². The molecule has 1 fully saturated rings. The summed E-state index contributed by atoms with van der Waals surface area (Å²) in [5, 5.41) is 7.48. The van der Waals surface area contributed by atoms with Crippen LogP contribution in [0, 0.1) is 6.92 Å². The first kappa shape index (κ1) is 22.0. The molecule has 170 valence electrons. The van der Waals surface area contributed by atoms with Gasteiger partial charge in [-0.25, -0.2) is 4.79 Å². The molecule has 1 aliphatic carbocycles. The number of rotatable bonds is 5. The number of carbonyl (C=O) groups excluding carboxylic acids is 3. The van der Waals surface area contributed by atoms with Crippen LogP contribution < -0.4 is 10.2 Å². The Kier molecular flexibility index (Phi) is 6.04. The van der Waals surface area contributed by atoms with Gasteiger partial charge in [0, 0.05) is 17.8 Å². The van der Waals surface area contributed by atoms with E-state index in [0.29, 0.717) is 5.69 Å². The highest BCUT2D eigenvalue weighted by atomic mass is 16.5. The Balaban J connectivity index is 1.73. The maximum atomic E-state index is 13.6. The number of fused-ring (bicyclic) bond motifs is 1. The lowest BCUT2D eigenvalue weighted by Crippen LogP contribution is -2.65. The molecular weight excluding hydrogens is 408 g/mol. The third kappa shape index (κ3) is 4.01. The molecule has 0 saturated heterocycles. The van der Waals surface area contributed by atoms with E-state index in [9.17, 15) is 14.4 Å². The monoisotopic (exact) mass is 438 g/mol. The minimum atomic E-state index is -1.20. The van der Waals surface area contributed by atoms with Gasteiger partial charge in [0.25, 0.3) is 5.91 Å². The Morgan fingerprint density at radius 3 is 2.53 bits per heavy atom. The molecule has 2 aromatic rings. The fraction of sp³-hybridized carbons (Fsp3) is 0.500. The van der Waals surface area contributed by atoms with Gasteiger partial charge in [0.15, 0.2) is 5.69 Å². The van der Waals surface area contributed by atoms with Crippen molar-refractivity contribution < 1.29 is 19.1 Å². The summed E-state index contributed by atoms with van der Waals surface area (Å²) in [6.45, 7) is 5.80. The minimum absolute atomic E-state index is 0.0657. The zero-order valence-corrected chi connectivity index (χ0v) is 18.9. The lowest BCUT2D eigenvalue weighted by atomic mass is 9.91. The van der Waals surface area contributed by atoms with Crippen molar-refractivity contribution in [2.45, 2.75) is 71.0 Å². The van der Waals surface area contributed by atoms with Gasteiger partial charge in [0.1, 0.15) is 11.2 Å². The summed E-state index contributed by atoms with van der Waals surface area (Å²) in [5.74, 6) is -1.17. The van der Waals surface area contributed by atoms with Gasteiger partial charge < -0.3 is 10.1 Å². The Bertz CT molecular complexity index is 1020. The summed E-state index contributed by atoms with van der Waals surface area (Å²) in [5.41, 5.74) is 0.815. The standard InChI is InChI=1S/C24H30N4O4/c1-4-32-22(30)19-14-20-21(29)28(18-12-10-16(2)11-13-18)24(3,15-27(20)26-19)23(31)25-17-8-6-5-7-9-17/h10-14,17H,4-9,15H2,1-3H3,(H,25,31). The summed E-state index contributed by atoms with van der Waals surface area (Å²) >= 11 is 0. The SMILES string of the molecule is CCOC(=O)c1cc2n(n1)CC(C)(C(=O)NC1CCCCC1)N(c1ccc(C)cc1)C2=O. The molecule has 1 N–H and O–H groups in total. The Hall–Kier alpha value is -3.16. The van der Waals surface area contributed by atoms with Crippen LogP contribution in [-0.4, -0.2) is 45.8 Å². The molecule has 1 aromatic carbocycles. The topological polar surface area (TPSA) is 93.5 Å². The summed E-state index contributed by atoms with van der Waals surface area (Å²) in [6.07, 6.45) is 5.26. The second-order valence-electron chi connectivity index (χ2n) is 8.85. The normalized spacial score (nSPS) is 21.2. The number of benzene rings is 1. The molecule has 0 bridgehead atoms. The second kappa shape index (κ2) is 8.76. The molecule has 8 heteroatoms. The van der Waals surface area contributed by atoms with Crippen molar-refractivity contribution in [1.29, 1.82) is 0 Å². The number of nitrogens with one attached hydrogen (secondary N) is 1. The first-order chi connectivity index (χ1) is 15.3. The van der Waals surface area contributed by atoms with E-state index in [1.54, 1.807) is 13.8 Å². The van der Waals surface area contributed by atoms with Gasteiger partial charge in [-0.1, -0.05) is 37.0 Å². The average Bonchev–Trinajstić information content (AvgIpc) is 3.20. The zero-order valence-electron chi connectivity index (χ0n) is 18.9. The average molecular weight is 439 g/mol. The number of anilines is 1. The number of carbonyl (C=O) groups is 3. The van der Waals surface area contributed by atoms with Crippen LogP contribution >= 0.6 is 0 Å². The molecule has 2 amide bonds.